The molecule has 15 heavy (non-hydrogen) atoms. The van der Waals surface area contributed by atoms with Gasteiger partial charge < -0.3 is 8.83 Å². The van der Waals surface area contributed by atoms with E-state index in [0.29, 0.717) is 11.5 Å². The fourth-order valence-corrected chi connectivity index (χ4v) is 1.61. The van der Waals surface area contributed by atoms with Crippen LogP contribution in [0.1, 0.15) is 17.4 Å². The van der Waals surface area contributed by atoms with E-state index >= 15 is 0 Å². The number of thiocarbonyl (C=S) groups is 1. The largest absolute Gasteiger partial charge is 0.468 e. The molecule has 0 spiro atoms. The SMILES string of the molecule is ONC(=S)C(c1ccco1)c1ccco1. The van der Waals surface area contributed by atoms with Crippen molar-refractivity contribution in [3.05, 3.63) is 48.3 Å². The minimum Gasteiger partial charge on any atom is -0.468 e. The van der Waals surface area contributed by atoms with E-state index in [4.69, 9.17) is 26.3 Å². The molecule has 0 aromatic carbocycles. The second-order valence-electron chi connectivity index (χ2n) is 2.94. The van der Waals surface area contributed by atoms with Crippen molar-refractivity contribution >= 4 is 17.2 Å². The summed E-state index contributed by atoms with van der Waals surface area (Å²) < 4.78 is 10.5. The van der Waals surface area contributed by atoms with Gasteiger partial charge in [-0.15, -0.1) is 0 Å². The van der Waals surface area contributed by atoms with Crippen molar-refractivity contribution in [3.8, 4) is 0 Å². The summed E-state index contributed by atoms with van der Waals surface area (Å²) >= 11 is 4.99. The summed E-state index contributed by atoms with van der Waals surface area (Å²) in [5.41, 5.74) is 1.95. The van der Waals surface area contributed by atoms with Crippen LogP contribution in [0.5, 0.6) is 0 Å². The van der Waals surface area contributed by atoms with Gasteiger partial charge in [0.2, 0.25) is 0 Å². The number of hydroxylamine groups is 1. The van der Waals surface area contributed by atoms with Crippen LogP contribution in [0, 0.1) is 0 Å². The molecule has 2 aromatic rings. The van der Waals surface area contributed by atoms with Gasteiger partial charge in [0.15, 0.2) is 0 Å². The van der Waals surface area contributed by atoms with Crippen LogP contribution in [0.15, 0.2) is 45.6 Å². The van der Waals surface area contributed by atoms with Crippen molar-refractivity contribution in [2.45, 2.75) is 5.92 Å². The Bertz CT molecular complexity index is 387. The number of hydrogen-bond donors (Lipinski definition) is 2. The average molecular weight is 223 g/mol. The van der Waals surface area contributed by atoms with Crippen LogP contribution in [-0.2, 0) is 0 Å². The predicted molar refractivity (Wildman–Crippen MR) is 56.8 cm³/mol. The highest BCUT2D eigenvalue weighted by molar-refractivity contribution is 7.80. The quantitative estimate of drug-likeness (QED) is 0.617. The third-order valence-corrected chi connectivity index (χ3v) is 2.35. The molecule has 2 rings (SSSR count). The zero-order valence-corrected chi connectivity index (χ0v) is 8.53. The molecule has 0 unspecified atom stereocenters. The molecule has 5 heteroatoms. The Labute approximate surface area is 91.5 Å². The fraction of sp³-hybridized carbons (Fsp3) is 0.100. The molecular weight excluding hydrogens is 214 g/mol. The molecular formula is C10H9NO3S. The molecule has 2 N–H and O–H groups in total. The number of rotatable bonds is 3. The molecule has 0 amide bonds. The molecule has 0 bridgehead atoms. The lowest BCUT2D eigenvalue weighted by atomic mass is 10.0. The van der Waals surface area contributed by atoms with Crippen LogP contribution in [0.4, 0.5) is 0 Å². The fourth-order valence-electron chi connectivity index (χ4n) is 1.37. The number of furan rings is 2. The third-order valence-electron chi connectivity index (χ3n) is 2.03. The van der Waals surface area contributed by atoms with E-state index in [-0.39, 0.29) is 4.99 Å². The van der Waals surface area contributed by atoms with Crippen molar-refractivity contribution in [2.75, 3.05) is 0 Å². The van der Waals surface area contributed by atoms with Crippen molar-refractivity contribution in [2.24, 2.45) is 0 Å². The van der Waals surface area contributed by atoms with Gasteiger partial charge in [0.05, 0.1) is 12.5 Å². The van der Waals surface area contributed by atoms with Gasteiger partial charge in [0, 0.05) is 0 Å². The van der Waals surface area contributed by atoms with Crippen molar-refractivity contribution in [3.63, 3.8) is 0 Å². The van der Waals surface area contributed by atoms with Gasteiger partial charge in [-0.3, -0.25) is 10.7 Å². The maximum atomic E-state index is 8.83. The average Bonchev–Trinajstić information content (AvgIpc) is 2.90. The van der Waals surface area contributed by atoms with Gasteiger partial charge in [0.1, 0.15) is 22.4 Å². The van der Waals surface area contributed by atoms with Crippen LogP contribution < -0.4 is 5.48 Å². The summed E-state index contributed by atoms with van der Waals surface area (Å²) in [6.45, 7) is 0. The zero-order valence-electron chi connectivity index (χ0n) is 7.71. The first-order valence-electron chi connectivity index (χ1n) is 4.33. The van der Waals surface area contributed by atoms with E-state index < -0.39 is 5.92 Å². The first-order valence-corrected chi connectivity index (χ1v) is 4.74. The maximum absolute atomic E-state index is 8.83. The van der Waals surface area contributed by atoms with Gasteiger partial charge in [-0.1, -0.05) is 12.2 Å². The Morgan fingerprint density at radius 3 is 2.07 bits per heavy atom. The zero-order chi connectivity index (χ0) is 10.7. The summed E-state index contributed by atoms with van der Waals surface area (Å²) in [7, 11) is 0. The number of nitrogens with one attached hydrogen (secondary N) is 1. The van der Waals surface area contributed by atoms with Crippen molar-refractivity contribution in [1.82, 2.24) is 5.48 Å². The molecule has 0 atom stereocenters. The Balaban J connectivity index is 2.37. The molecule has 4 nitrogen and oxygen atoms in total. The molecule has 78 valence electrons. The molecule has 0 aliphatic rings. The summed E-state index contributed by atoms with van der Waals surface area (Å²) in [5.74, 6) is 0.850. The third kappa shape index (κ3) is 1.93. The van der Waals surface area contributed by atoms with Crippen LogP contribution in [0.2, 0.25) is 0 Å². The molecule has 2 aromatic heterocycles. The lowest BCUT2D eigenvalue weighted by molar-refractivity contribution is 0.232. The van der Waals surface area contributed by atoms with Crippen molar-refractivity contribution < 1.29 is 14.0 Å². The molecule has 0 saturated carbocycles. The predicted octanol–water partition coefficient (Wildman–Crippen LogP) is 2.31. The van der Waals surface area contributed by atoms with Crippen LogP contribution in [0.25, 0.3) is 0 Å². The highest BCUT2D eigenvalue weighted by atomic mass is 32.1. The van der Waals surface area contributed by atoms with Gasteiger partial charge in [-0.25, -0.2) is 0 Å². The van der Waals surface area contributed by atoms with E-state index in [1.54, 1.807) is 36.8 Å². The van der Waals surface area contributed by atoms with E-state index in [0.717, 1.165) is 0 Å². The standard InChI is InChI=1S/C10H9NO3S/c12-11-10(15)9(7-3-1-5-13-7)8-4-2-6-14-8/h1-6,9,12H,(H,11,15). The molecule has 2 heterocycles. The molecule has 0 aliphatic carbocycles. The molecule has 0 aliphatic heterocycles. The minimum atomic E-state index is -0.394. The topological polar surface area (TPSA) is 58.5 Å². The Kier molecular flexibility index (Phi) is 2.84. The maximum Gasteiger partial charge on any atom is 0.127 e. The van der Waals surface area contributed by atoms with Crippen LogP contribution in [-0.4, -0.2) is 10.2 Å². The normalized spacial score (nSPS) is 10.5. The Hall–Kier alpha value is -1.59. The molecule has 0 fully saturated rings. The minimum absolute atomic E-state index is 0.236. The molecule has 0 radical (unpaired) electrons. The first kappa shape index (κ1) is 9.95. The van der Waals surface area contributed by atoms with Gasteiger partial charge in [-0.2, -0.15) is 0 Å². The Morgan fingerprint density at radius 1 is 1.20 bits per heavy atom. The smallest absolute Gasteiger partial charge is 0.127 e. The van der Waals surface area contributed by atoms with Crippen molar-refractivity contribution in [1.29, 1.82) is 0 Å². The van der Waals surface area contributed by atoms with Crippen LogP contribution in [0.3, 0.4) is 0 Å². The lowest BCUT2D eigenvalue weighted by Gasteiger charge is -2.11. The summed E-state index contributed by atoms with van der Waals surface area (Å²) in [6.07, 6.45) is 3.09. The van der Waals surface area contributed by atoms with E-state index in [9.17, 15) is 0 Å². The second kappa shape index (κ2) is 4.29. The van der Waals surface area contributed by atoms with Gasteiger partial charge in [-0.05, 0) is 24.3 Å². The first-order chi connectivity index (χ1) is 7.33. The van der Waals surface area contributed by atoms with Gasteiger partial charge >= 0.3 is 0 Å². The van der Waals surface area contributed by atoms with Crippen LogP contribution >= 0.6 is 12.2 Å². The van der Waals surface area contributed by atoms with E-state index in [1.165, 1.54) is 0 Å². The van der Waals surface area contributed by atoms with E-state index in [2.05, 4.69) is 0 Å². The van der Waals surface area contributed by atoms with Gasteiger partial charge in [0.25, 0.3) is 0 Å². The van der Waals surface area contributed by atoms with E-state index in [1.807, 2.05) is 5.48 Å². The monoisotopic (exact) mass is 223 g/mol. The lowest BCUT2D eigenvalue weighted by Crippen LogP contribution is -2.24. The summed E-state index contributed by atoms with van der Waals surface area (Å²) in [4.78, 5) is 0.236. The highest BCUT2D eigenvalue weighted by Crippen LogP contribution is 2.26. The Morgan fingerprint density at radius 2 is 1.73 bits per heavy atom. The highest BCUT2D eigenvalue weighted by Gasteiger charge is 2.24. The molecule has 0 saturated heterocycles. The second-order valence-corrected chi connectivity index (χ2v) is 3.38. The summed E-state index contributed by atoms with van der Waals surface area (Å²) in [5, 5.41) is 8.83. The number of hydrogen-bond acceptors (Lipinski definition) is 4. The summed E-state index contributed by atoms with van der Waals surface area (Å²) in [6, 6.07) is 7.06.